The second kappa shape index (κ2) is 7.20. The number of nitrogens with zero attached hydrogens (tertiary/aromatic N) is 2. The van der Waals surface area contributed by atoms with Crippen molar-refractivity contribution in [1.82, 2.24) is 4.57 Å². The molecule has 2 heterocycles. The number of carbonyl (C=O) groups is 1. The van der Waals surface area contributed by atoms with E-state index in [4.69, 9.17) is 5.73 Å². The van der Waals surface area contributed by atoms with Crippen molar-refractivity contribution < 1.29 is 30.6 Å². The zero-order valence-corrected chi connectivity index (χ0v) is 19.4. The second-order valence-corrected chi connectivity index (χ2v) is 11.3. The lowest BCUT2D eigenvalue weighted by Crippen LogP contribution is -2.53. The molecular weight excluding hydrogens is 475 g/mol. The third-order valence-electron chi connectivity index (χ3n) is 7.28. The van der Waals surface area contributed by atoms with Crippen molar-refractivity contribution in [2.75, 3.05) is 24.2 Å². The summed E-state index contributed by atoms with van der Waals surface area (Å²) in [7, 11) is -4.22. The number of hydrogen-bond donors (Lipinski definition) is 1. The van der Waals surface area contributed by atoms with E-state index >= 15 is 8.78 Å². The maximum atomic E-state index is 15.5. The summed E-state index contributed by atoms with van der Waals surface area (Å²) in [5, 5.41) is -0.224. The van der Waals surface area contributed by atoms with Crippen LogP contribution in [-0.4, -0.2) is 55.7 Å². The molecule has 184 valence electrons. The highest BCUT2D eigenvalue weighted by molar-refractivity contribution is 7.86. The number of anilines is 1. The number of rotatable bonds is 4. The fraction of sp³-hybridized carbons (Fsp3) is 0.545. The van der Waals surface area contributed by atoms with Crippen LogP contribution in [0.4, 0.5) is 18.9 Å². The number of hydrogen-bond acceptors (Lipinski definition) is 7. The van der Waals surface area contributed by atoms with Crippen LogP contribution in [0.1, 0.15) is 47.6 Å². The lowest BCUT2D eigenvalue weighted by molar-refractivity contribution is 0.0746. The number of alkyl halides is 2. The average Bonchev–Trinajstić information content (AvgIpc) is 3.27. The first kappa shape index (κ1) is 23.2. The number of carbonyl (C=O) groups excluding carboxylic acids is 1. The minimum atomic E-state index is -4.22. The van der Waals surface area contributed by atoms with Crippen molar-refractivity contribution in [3.05, 3.63) is 39.4 Å². The van der Waals surface area contributed by atoms with E-state index in [1.807, 2.05) is 0 Å². The molecule has 3 aliphatic rings. The van der Waals surface area contributed by atoms with Crippen LogP contribution in [0.3, 0.4) is 0 Å². The summed E-state index contributed by atoms with van der Waals surface area (Å²) in [4.78, 5) is 27.0. The summed E-state index contributed by atoms with van der Waals surface area (Å²) in [6.45, 7) is 1.53. The standard InChI is InChI=1S/C22H24F3N3O5S/c1-11-17-12(6-15(24)18(11)27-9-21(25)4-3-5-22(21,26)10-27)19(29)13(20(30)33-34(2,31)32)8-28(17)16-7-14(16)23/h6,8,14,16H,3-5,7,9-10,26H2,1-2H3/t14-,16+,21-,22+/m0/s1. The maximum Gasteiger partial charge on any atom is 0.359 e. The normalized spacial score (nSPS) is 30.6. The van der Waals surface area contributed by atoms with Gasteiger partial charge in [0.25, 0.3) is 0 Å². The number of halogens is 3. The van der Waals surface area contributed by atoms with Crippen LogP contribution in [-0.2, 0) is 14.3 Å². The van der Waals surface area contributed by atoms with Gasteiger partial charge in [-0.3, -0.25) is 4.79 Å². The molecule has 4 atom stereocenters. The molecule has 0 amide bonds. The number of nitrogens with two attached hydrogens (primary N) is 1. The van der Waals surface area contributed by atoms with Gasteiger partial charge in [-0.2, -0.15) is 8.42 Å². The second-order valence-electron chi connectivity index (χ2n) is 9.73. The molecule has 34 heavy (non-hydrogen) atoms. The van der Waals surface area contributed by atoms with Crippen molar-refractivity contribution >= 4 is 32.7 Å². The summed E-state index contributed by atoms with van der Waals surface area (Å²) >= 11 is 0. The Balaban J connectivity index is 1.70. The number of pyridine rings is 1. The summed E-state index contributed by atoms with van der Waals surface area (Å²) in [6, 6.07) is 0.196. The molecule has 1 aromatic carbocycles. The Labute approximate surface area is 193 Å². The summed E-state index contributed by atoms with van der Waals surface area (Å²) in [6.07, 6.45) is 1.93. The van der Waals surface area contributed by atoms with Crippen molar-refractivity contribution in [1.29, 1.82) is 0 Å². The number of benzene rings is 1. The van der Waals surface area contributed by atoms with Crippen LogP contribution in [0, 0.1) is 12.7 Å². The molecule has 0 spiro atoms. The molecule has 2 N–H and O–H groups in total. The highest BCUT2D eigenvalue weighted by Gasteiger charge is 2.60. The molecular formula is C22H24F3N3O5S. The predicted molar refractivity (Wildman–Crippen MR) is 119 cm³/mol. The SMILES string of the molecule is Cc1c(N2C[C@]3(N)CCC[C@]3(F)C2)c(F)cc2c(=O)c(C(=O)OS(C)(=O)=O)cn([C@@H]3C[C@@H]3F)c12. The minimum absolute atomic E-state index is 0.0689. The molecule has 2 aromatic rings. The molecule has 8 nitrogen and oxygen atoms in total. The Morgan fingerprint density at radius 3 is 2.56 bits per heavy atom. The Hall–Kier alpha value is -2.60. The van der Waals surface area contributed by atoms with Crippen molar-refractivity contribution in [3.63, 3.8) is 0 Å². The van der Waals surface area contributed by atoms with E-state index in [-0.39, 0.29) is 48.1 Å². The van der Waals surface area contributed by atoms with E-state index in [1.165, 1.54) is 9.47 Å². The molecule has 0 bridgehead atoms. The van der Waals surface area contributed by atoms with Gasteiger partial charge in [-0.1, -0.05) is 0 Å². The Morgan fingerprint density at radius 1 is 1.29 bits per heavy atom. The third-order valence-corrected chi connectivity index (χ3v) is 7.74. The van der Waals surface area contributed by atoms with Gasteiger partial charge in [-0.25, -0.2) is 18.0 Å². The van der Waals surface area contributed by atoms with Crippen LogP contribution in [0.25, 0.3) is 10.9 Å². The predicted octanol–water partition coefficient (Wildman–Crippen LogP) is 2.26. The van der Waals surface area contributed by atoms with Crippen LogP contribution >= 0.6 is 0 Å². The van der Waals surface area contributed by atoms with Crippen molar-refractivity contribution in [3.8, 4) is 0 Å². The first-order chi connectivity index (χ1) is 15.7. The lowest BCUT2D eigenvalue weighted by atomic mass is 9.89. The molecule has 2 aliphatic carbocycles. The smallest absolute Gasteiger partial charge is 0.359 e. The Kier molecular flexibility index (Phi) is 4.91. The van der Waals surface area contributed by atoms with E-state index in [2.05, 4.69) is 4.18 Å². The van der Waals surface area contributed by atoms with Crippen LogP contribution in [0.15, 0.2) is 17.1 Å². The topological polar surface area (TPSA) is 112 Å². The van der Waals surface area contributed by atoms with Gasteiger partial charge >= 0.3 is 16.1 Å². The van der Waals surface area contributed by atoms with Gasteiger partial charge in [0.1, 0.15) is 23.2 Å². The van der Waals surface area contributed by atoms with Crippen LogP contribution in [0.5, 0.6) is 0 Å². The number of aromatic nitrogens is 1. The first-order valence-corrected chi connectivity index (χ1v) is 12.7. The van der Waals surface area contributed by atoms with Crippen molar-refractivity contribution in [2.45, 2.75) is 56.0 Å². The van der Waals surface area contributed by atoms with E-state index in [0.29, 0.717) is 19.1 Å². The molecule has 0 unspecified atom stereocenters. The fourth-order valence-electron chi connectivity index (χ4n) is 5.56. The Morgan fingerprint density at radius 2 is 1.97 bits per heavy atom. The van der Waals surface area contributed by atoms with Crippen LogP contribution in [0.2, 0.25) is 0 Å². The van der Waals surface area contributed by atoms with E-state index in [1.54, 1.807) is 6.92 Å². The first-order valence-electron chi connectivity index (χ1n) is 10.9. The van der Waals surface area contributed by atoms with Gasteiger partial charge in [0.15, 0.2) is 0 Å². The molecule has 0 radical (unpaired) electrons. The molecule has 3 fully saturated rings. The lowest BCUT2D eigenvalue weighted by Gasteiger charge is -2.27. The highest BCUT2D eigenvalue weighted by Crippen LogP contribution is 2.49. The highest BCUT2D eigenvalue weighted by atomic mass is 32.2. The average molecular weight is 500 g/mol. The van der Waals surface area contributed by atoms with E-state index in [0.717, 1.165) is 12.3 Å². The van der Waals surface area contributed by atoms with Gasteiger partial charge in [0.2, 0.25) is 5.43 Å². The zero-order chi connectivity index (χ0) is 24.8. The van der Waals surface area contributed by atoms with Crippen LogP contribution < -0.4 is 16.1 Å². The van der Waals surface area contributed by atoms with Gasteiger partial charge < -0.3 is 19.4 Å². The van der Waals surface area contributed by atoms with Gasteiger partial charge in [-0.15, -0.1) is 0 Å². The summed E-state index contributed by atoms with van der Waals surface area (Å²) < 4.78 is 73.5. The largest absolute Gasteiger partial charge is 0.364 e. The van der Waals surface area contributed by atoms with E-state index in [9.17, 15) is 22.4 Å². The third kappa shape index (κ3) is 3.41. The molecule has 1 aliphatic heterocycles. The molecule has 1 saturated heterocycles. The molecule has 12 heteroatoms. The van der Waals surface area contributed by atoms with E-state index < -0.39 is 56.3 Å². The number of fused-ring (bicyclic) bond motifs is 2. The van der Waals surface area contributed by atoms with Gasteiger partial charge in [0, 0.05) is 24.5 Å². The quantitative estimate of drug-likeness (QED) is 0.643. The monoisotopic (exact) mass is 499 g/mol. The number of aryl methyl sites for hydroxylation is 1. The zero-order valence-electron chi connectivity index (χ0n) is 18.6. The maximum absolute atomic E-state index is 15.5. The fourth-order valence-corrected chi connectivity index (χ4v) is 5.92. The minimum Gasteiger partial charge on any atom is -0.364 e. The molecule has 5 rings (SSSR count). The van der Waals surface area contributed by atoms with Gasteiger partial charge in [-0.05, 0) is 37.8 Å². The Bertz CT molecular complexity index is 1390. The molecule has 1 aromatic heterocycles. The van der Waals surface area contributed by atoms with Crippen molar-refractivity contribution in [2.24, 2.45) is 5.73 Å². The summed E-state index contributed by atoms with van der Waals surface area (Å²) in [5.74, 6) is -2.25. The molecule has 2 saturated carbocycles. The van der Waals surface area contributed by atoms with Gasteiger partial charge in [0.05, 0.1) is 35.6 Å². The summed E-state index contributed by atoms with van der Waals surface area (Å²) in [5.41, 5.74) is 2.50.